The van der Waals surface area contributed by atoms with Crippen molar-refractivity contribution in [3.63, 3.8) is 0 Å². The zero-order valence-electron chi connectivity index (χ0n) is 23.4. The molecule has 1 saturated heterocycles. The molecule has 0 aromatic carbocycles. The van der Waals surface area contributed by atoms with E-state index in [9.17, 15) is 24.6 Å². The largest absolute Gasteiger partial charge is 0.387 e. The average molecular weight is 564 g/mol. The van der Waals surface area contributed by atoms with Crippen LogP contribution in [0.5, 0.6) is 0 Å². The predicted molar refractivity (Wildman–Crippen MR) is 151 cm³/mol. The summed E-state index contributed by atoms with van der Waals surface area (Å²) in [5.74, 6) is 8.64. The molecule has 0 bridgehead atoms. The minimum absolute atomic E-state index is 0.0345. The zero-order chi connectivity index (χ0) is 28.4. The molecule has 7 rings (SSSR count). The summed E-state index contributed by atoms with van der Waals surface area (Å²) in [7, 11) is 0. The molecule has 41 heavy (non-hydrogen) atoms. The average Bonchev–Trinajstić information content (AvgIpc) is 3.72. The van der Waals surface area contributed by atoms with Crippen molar-refractivity contribution in [2.24, 2.45) is 59.2 Å². The van der Waals surface area contributed by atoms with Gasteiger partial charge in [0.2, 0.25) is 5.91 Å². The number of allylic oxidation sites excluding steroid dienone is 5. The van der Waals surface area contributed by atoms with Crippen molar-refractivity contribution in [1.29, 1.82) is 0 Å². The summed E-state index contributed by atoms with van der Waals surface area (Å²) >= 11 is 0. The molecule has 9 nitrogen and oxygen atoms in total. The summed E-state index contributed by atoms with van der Waals surface area (Å²) in [5, 5.41) is 23.3. The van der Waals surface area contributed by atoms with Gasteiger partial charge in [-0.25, -0.2) is 4.79 Å². The number of nitrogens with zero attached hydrogens (tertiary/aromatic N) is 1. The number of hydrogen-bond donors (Lipinski definition) is 4. The first kappa shape index (κ1) is 27.1. The third-order valence-electron chi connectivity index (χ3n) is 10.6. The monoisotopic (exact) mass is 563 g/mol. The van der Waals surface area contributed by atoms with Crippen LogP contribution >= 0.6 is 0 Å². The number of hydrogen-bond acceptors (Lipinski definition) is 6. The highest BCUT2D eigenvalue weighted by Gasteiger charge is 2.63. The van der Waals surface area contributed by atoms with Gasteiger partial charge in [-0.2, -0.15) is 0 Å². The fourth-order valence-corrected chi connectivity index (χ4v) is 7.61. The molecule has 6 fully saturated rings. The third kappa shape index (κ3) is 5.81. The van der Waals surface area contributed by atoms with Crippen LogP contribution < -0.4 is 16.6 Å². The maximum absolute atomic E-state index is 12.3. The fraction of sp³-hybridized carbons (Fsp3) is 0.656. The highest BCUT2D eigenvalue weighted by Crippen LogP contribution is 2.70. The van der Waals surface area contributed by atoms with Crippen LogP contribution in [0, 0.1) is 59.2 Å². The zero-order valence-corrected chi connectivity index (χ0v) is 23.4. The van der Waals surface area contributed by atoms with E-state index in [-0.39, 0.29) is 12.5 Å². The van der Waals surface area contributed by atoms with E-state index in [0.717, 1.165) is 63.9 Å². The topological polar surface area (TPSA) is 134 Å². The van der Waals surface area contributed by atoms with E-state index in [1.54, 1.807) is 6.08 Å². The number of amides is 1. The Balaban J connectivity index is 0.801. The molecule has 5 aliphatic carbocycles. The molecule has 0 radical (unpaired) electrons. The summed E-state index contributed by atoms with van der Waals surface area (Å²) in [6.07, 6.45) is 15.8. The maximum atomic E-state index is 12.3. The first-order valence-corrected chi connectivity index (χ1v) is 15.4. The van der Waals surface area contributed by atoms with Crippen molar-refractivity contribution in [3.05, 3.63) is 69.6 Å². The number of aliphatic hydroxyl groups is 2. The molecule has 5 saturated carbocycles. The van der Waals surface area contributed by atoms with Crippen LogP contribution in [0.15, 0.2) is 58.3 Å². The van der Waals surface area contributed by atoms with Crippen molar-refractivity contribution in [2.45, 2.75) is 63.6 Å². The third-order valence-corrected chi connectivity index (χ3v) is 10.6. The molecule has 1 aromatic rings. The molecular formula is C32H41N3O6. The van der Waals surface area contributed by atoms with Crippen LogP contribution in [0.2, 0.25) is 0 Å². The summed E-state index contributed by atoms with van der Waals surface area (Å²) < 4.78 is 6.63. The molecule has 6 aliphatic rings. The Kier molecular flexibility index (Phi) is 6.95. The Morgan fingerprint density at radius 1 is 0.927 bits per heavy atom. The summed E-state index contributed by atoms with van der Waals surface area (Å²) in [4.78, 5) is 37.6. The van der Waals surface area contributed by atoms with Gasteiger partial charge in [-0.3, -0.25) is 19.1 Å². The van der Waals surface area contributed by atoms with E-state index in [1.165, 1.54) is 44.4 Å². The highest BCUT2D eigenvalue weighted by atomic mass is 16.6. The van der Waals surface area contributed by atoms with Gasteiger partial charge in [-0.15, -0.1) is 0 Å². The molecule has 9 heteroatoms. The maximum Gasteiger partial charge on any atom is 0.330 e. The van der Waals surface area contributed by atoms with Gasteiger partial charge in [0.1, 0.15) is 18.3 Å². The minimum atomic E-state index is -1.38. The van der Waals surface area contributed by atoms with Gasteiger partial charge in [0.05, 0.1) is 0 Å². The predicted octanol–water partition coefficient (Wildman–Crippen LogP) is 2.14. The number of H-pyrrole nitrogens is 1. The second kappa shape index (κ2) is 10.5. The van der Waals surface area contributed by atoms with E-state index in [2.05, 4.69) is 35.5 Å². The molecule has 1 aromatic heterocycles. The lowest BCUT2D eigenvalue weighted by atomic mass is 10.1. The molecule has 2 heterocycles. The van der Waals surface area contributed by atoms with Crippen molar-refractivity contribution in [3.8, 4) is 0 Å². The normalized spacial score (nSPS) is 45.9. The number of aromatic nitrogens is 2. The number of rotatable bonds is 11. The van der Waals surface area contributed by atoms with Gasteiger partial charge >= 0.3 is 5.69 Å². The minimum Gasteiger partial charge on any atom is -0.387 e. The summed E-state index contributed by atoms with van der Waals surface area (Å²) in [5.41, 5.74) is -1.32. The van der Waals surface area contributed by atoms with Gasteiger partial charge in [0, 0.05) is 24.9 Å². The molecule has 0 spiro atoms. The van der Waals surface area contributed by atoms with Gasteiger partial charge in [-0.1, -0.05) is 37.3 Å². The second-order valence-electron chi connectivity index (χ2n) is 13.6. The van der Waals surface area contributed by atoms with Crippen LogP contribution in [0.3, 0.4) is 0 Å². The second-order valence-corrected chi connectivity index (χ2v) is 13.6. The molecule has 1 amide bonds. The molecular weight excluding hydrogens is 522 g/mol. The van der Waals surface area contributed by atoms with Crippen LogP contribution in [-0.4, -0.2) is 50.5 Å². The number of aliphatic hydroxyl groups excluding tert-OH is 2. The van der Waals surface area contributed by atoms with Crippen LogP contribution in [0.25, 0.3) is 0 Å². The quantitative estimate of drug-likeness (QED) is 0.185. The van der Waals surface area contributed by atoms with Crippen LogP contribution in [-0.2, 0) is 9.53 Å². The number of aromatic amines is 1. The van der Waals surface area contributed by atoms with Crippen molar-refractivity contribution < 1.29 is 19.7 Å². The van der Waals surface area contributed by atoms with Gasteiger partial charge < -0.3 is 20.3 Å². The van der Waals surface area contributed by atoms with Crippen molar-refractivity contribution in [2.75, 3.05) is 6.54 Å². The molecule has 14 atom stereocenters. The Morgan fingerprint density at radius 2 is 1.56 bits per heavy atom. The lowest BCUT2D eigenvalue weighted by Crippen LogP contribution is -2.39. The van der Waals surface area contributed by atoms with E-state index in [0.29, 0.717) is 5.92 Å². The van der Waals surface area contributed by atoms with Gasteiger partial charge in [0.15, 0.2) is 6.23 Å². The van der Waals surface area contributed by atoms with Gasteiger partial charge in [0.25, 0.3) is 5.56 Å². The first-order valence-electron chi connectivity index (χ1n) is 15.4. The van der Waals surface area contributed by atoms with Crippen molar-refractivity contribution in [1.82, 2.24) is 14.9 Å². The molecule has 220 valence electrons. The smallest absolute Gasteiger partial charge is 0.330 e. The Labute approximate surface area is 239 Å². The van der Waals surface area contributed by atoms with Gasteiger partial charge in [-0.05, 0) is 91.3 Å². The fourth-order valence-electron chi connectivity index (χ4n) is 7.61. The molecule has 10 unspecified atom stereocenters. The highest BCUT2D eigenvalue weighted by molar-refractivity contribution is 5.87. The Hall–Kier alpha value is -2.75. The SMILES string of the molecule is CC1CC1/C=C/C1CC1C1CC1C1CC1C1CC1/C=C/C=C/C(=O)NC[C@H]1O[C@@H](n2ccc(=O)[nH]c2=O)[C@H](O)[C@@H]1O. The number of nitrogens with one attached hydrogen (secondary N) is 2. The summed E-state index contributed by atoms with van der Waals surface area (Å²) in [6, 6.07) is 1.13. The standard InChI is InChI=1S/C32H41N3O6/c1-16-10-17(16)6-7-19-12-21(19)23-14-25(23)24-13-22(24)20-11-18(20)4-2-3-5-27(36)33-15-26-29(38)30(39)31(41-26)35-9-8-28(37)34-32(35)40/h2-9,16-26,29-31,38-39H,10-15H2,1H3,(H,33,36)(H,34,37,40)/b4-2+,5-3+,7-6+/t16?,17?,18?,19?,20?,21?,22?,23?,24?,25?,26-,29-,30-,31-/m1/s1. The first-order chi connectivity index (χ1) is 19.8. The van der Waals surface area contributed by atoms with Crippen molar-refractivity contribution >= 4 is 5.91 Å². The van der Waals surface area contributed by atoms with Crippen LogP contribution in [0.4, 0.5) is 0 Å². The Morgan fingerprint density at radius 3 is 2.22 bits per heavy atom. The van der Waals surface area contributed by atoms with E-state index in [4.69, 9.17) is 4.74 Å². The number of carbonyl (C=O) groups is 1. The van der Waals surface area contributed by atoms with E-state index < -0.39 is 35.8 Å². The van der Waals surface area contributed by atoms with E-state index in [1.807, 2.05) is 6.08 Å². The van der Waals surface area contributed by atoms with Crippen LogP contribution in [0.1, 0.15) is 45.3 Å². The lowest BCUT2D eigenvalue weighted by molar-refractivity contribution is -0.117. The molecule has 4 N–H and O–H groups in total. The number of carbonyl (C=O) groups excluding carboxylic acids is 1. The Bertz CT molecular complexity index is 1380. The van der Waals surface area contributed by atoms with E-state index >= 15 is 0 Å². The number of ether oxygens (including phenoxy) is 1. The molecule has 1 aliphatic heterocycles. The summed E-state index contributed by atoms with van der Waals surface area (Å²) in [6.45, 7) is 2.32. The lowest BCUT2D eigenvalue weighted by Gasteiger charge is -2.16.